The Kier molecular flexibility index (Phi) is 7.12. The molecule has 4 rings (SSSR count). The van der Waals surface area contributed by atoms with Crippen molar-refractivity contribution in [1.29, 1.82) is 0 Å². The third-order valence-corrected chi connectivity index (χ3v) is 6.42. The maximum Gasteiger partial charge on any atom is 0.168 e. The van der Waals surface area contributed by atoms with Gasteiger partial charge in [0.2, 0.25) is 0 Å². The number of hydrogen-bond donors (Lipinski definition) is 0. The predicted octanol–water partition coefficient (Wildman–Crippen LogP) is 5.50. The fourth-order valence-electron chi connectivity index (χ4n) is 4.08. The first-order valence-corrected chi connectivity index (χ1v) is 11.8. The van der Waals surface area contributed by atoms with E-state index in [4.69, 9.17) is 18.9 Å². The van der Waals surface area contributed by atoms with E-state index in [1.165, 1.54) is 10.5 Å². The van der Waals surface area contributed by atoms with Crippen LogP contribution in [-0.2, 0) is 13.1 Å². The molecule has 168 valence electrons. The lowest BCUT2D eigenvalue weighted by Crippen LogP contribution is -2.25. The molecule has 0 unspecified atom stereocenters. The first kappa shape index (κ1) is 22.4. The van der Waals surface area contributed by atoms with E-state index in [1.54, 1.807) is 33.1 Å². The van der Waals surface area contributed by atoms with Gasteiger partial charge in [0, 0.05) is 35.7 Å². The Morgan fingerprint density at radius 2 is 1.72 bits per heavy atom. The topological polar surface area (TPSA) is 40.2 Å². The molecule has 0 amide bonds. The number of fused-ring (bicyclic) bond motifs is 1. The molecule has 6 heteroatoms. The fourth-order valence-corrected chi connectivity index (χ4v) is 4.49. The largest absolute Gasteiger partial charge is 0.493 e. The van der Waals surface area contributed by atoms with E-state index in [0.717, 1.165) is 47.8 Å². The van der Waals surface area contributed by atoms with Gasteiger partial charge >= 0.3 is 0 Å². The summed E-state index contributed by atoms with van der Waals surface area (Å²) >= 11 is 1.76. The second-order valence-corrected chi connectivity index (χ2v) is 8.49. The monoisotopic (exact) mass is 451 g/mol. The van der Waals surface area contributed by atoms with Gasteiger partial charge in [-0.2, -0.15) is 0 Å². The number of nitrogens with zero attached hydrogens (tertiary/aromatic N) is 1. The Morgan fingerprint density at radius 3 is 2.41 bits per heavy atom. The molecule has 0 bridgehead atoms. The summed E-state index contributed by atoms with van der Waals surface area (Å²) in [5.74, 6) is 2.95. The summed E-state index contributed by atoms with van der Waals surface area (Å²) in [6, 6.07) is 18.8. The maximum absolute atomic E-state index is 6.14. The van der Waals surface area contributed by atoms with Gasteiger partial charge in [0.05, 0.1) is 21.3 Å². The summed E-state index contributed by atoms with van der Waals surface area (Å²) in [4.78, 5) is 3.69. The van der Waals surface area contributed by atoms with Gasteiger partial charge in [0.1, 0.15) is 6.61 Å². The summed E-state index contributed by atoms with van der Waals surface area (Å²) in [7, 11) is 4.99. The molecule has 0 spiro atoms. The van der Waals surface area contributed by atoms with Crippen molar-refractivity contribution in [2.24, 2.45) is 0 Å². The molecule has 3 aromatic rings. The zero-order valence-corrected chi connectivity index (χ0v) is 19.8. The first-order valence-electron chi connectivity index (χ1n) is 10.6. The second kappa shape index (κ2) is 10.2. The highest BCUT2D eigenvalue weighted by Gasteiger charge is 2.22. The van der Waals surface area contributed by atoms with Gasteiger partial charge in [-0.15, -0.1) is 11.8 Å². The quantitative estimate of drug-likeness (QED) is 0.442. The number of hydrogen-bond acceptors (Lipinski definition) is 6. The third kappa shape index (κ3) is 4.66. The Labute approximate surface area is 194 Å². The highest BCUT2D eigenvalue weighted by Crippen LogP contribution is 2.43. The Hall–Kier alpha value is -2.83. The van der Waals surface area contributed by atoms with E-state index in [1.807, 2.05) is 24.3 Å². The van der Waals surface area contributed by atoms with E-state index in [0.29, 0.717) is 18.1 Å². The normalized spacial score (nSPS) is 13.6. The van der Waals surface area contributed by atoms with E-state index < -0.39 is 0 Å². The van der Waals surface area contributed by atoms with Crippen molar-refractivity contribution in [2.45, 2.75) is 18.0 Å². The minimum absolute atomic E-state index is 0.619. The zero-order valence-electron chi connectivity index (χ0n) is 19.0. The highest BCUT2D eigenvalue weighted by atomic mass is 32.2. The average Bonchev–Trinajstić information content (AvgIpc) is 3.04. The number of para-hydroxylation sites is 1. The Bertz CT molecular complexity index is 1070. The molecular formula is C26H29NO4S. The minimum Gasteiger partial charge on any atom is -0.493 e. The Morgan fingerprint density at radius 1 is 0.938 bits per heavy atom. The molecule has 1 aliphatic rings. The molecular weight excluding hydrogens is 422 g/mol. The minimum atomic E-state index is 0.619. The highest BCUT2D eigenvalue weighted by molar-refractivity contribution is 7.98. The van der Waals surface area contributed by atoms with Crippen LogP contribution in [0.25, 0.3) is 11.1 Å². The molecule has 1 heterocycles. The van der Waals surface area contributed by atoms with Crippen molar-refractivity contribution in [1.82, 2.24) is 4.90 Å². The van der Waals surface area contributed by atoms with Crippen molar-refractivity contribution in [2.75, 3.05) is 40.7 Å². The smallest absolute Gasteiger partial charge is 0.168 e. The van der Waals surface area contributed by atoms with Gasteiger partial charge in [0.25, 0.3) is 0 Å². The van der Waals surface area contributed by atoms with Crippen LogP contribution in [-0.4, -0.2) is 45.6 Å². The fraction of sp³-hybridized carbons (Fsp3) is 0.308. The molecule has 5 nitrogen and oxygen atoms in total. The molecule has 0 aromatic heterocycles. The standard InChI is InChI=1S/C26H29NO4S/c1-28-23-7-5-6-22(26(23)30-3)19-14-20-17-27(12-13-31-25(20)24(15-19)29-2)16-18-8-10-21(32-4)11-9-18/h5-11,14-15H,12-13,16-17H2,1-4H3. The molecule has 3 aromatic carbocycles. The predicted molar refractivity (Wildman–Crippen MR) is 129 cm³/mol. The van der Waals surface area contributed by atoms with Crippen LogP contribution in [0.5, 0.6) is 23.0 Å². The number of thioether (sulfide) groups is 1. The molecule has 32 heavy (non-hydrogen) atoms. The lowest BCUT2D eigenvalue weighted by atomic mass is 10.00. The number of ether oxygens (including phenoxy) is 4. The number of methoxy groups -OCH3 is 3. The van der Waals surface area contributed by atoms with Crippen LogP contribution in [0.1, 0.15) is 11.1 Å². The van der Waals surface area contributed by atoms with Gasteiger partial charge < -0.3 is 18.9 Å². The molecule has 0 aliphatic carbocycles. The van der Waals surface area contributed by atoms with Crippen LogP contribution in [0.2, 0.25) is 0 Å². The van der Waals surface area contributed by atoms with Crippen LogP contribution in [0.3, 0.4) is 0 Å². The molecule has 0 saturated carbocycles. The van der Waals surface area contributed by atoms with Crippen LogP contribution in [0, 0.1) is 0 Å². The van der Waals surface area contributed by atoms with Gasteiger partial charge in [-0.25, -0.2) is 0 Å². The summed E-state index contributed by atoms with van der Waals surface area (Å²) in [5, 5.41) is 0. The van der Waals surface area contributed by atoms with Gasteiger partial charge in [0.15, 0.2) is 23.0 Å². The van der Waals surface area contributed by atoms with Gasteiger partial charge in [-0.05, 0) is 47.7 Å². The lowest BCUT2D eigenvalue weighted by Gasteiger charge is -2.20. The SMILES string of the molecule is COc1cc(-c2cccc(OC)c2OC)cc2c1OCCN(Cc1ccc(SC)cc1)C2. The summed E-state index contributed by atoms with van der Waals surface area (Å²) in [6.45, 7) is 3.11. The van der Waals surface area contributed by atoms with E-state index >= 15 is 0 Å². The van der Waals surface area contributed by atoms with Gasteiger partial charge in [-0.1, -0.05) is 24.3 Å². The molecule has 0 radical (unpaired) electrons. The summed E-state index contributed by atoms with van der Waals surface area (Å²) in [5.41, 5.74) is 4.36. The molecule has 0 saturated heterocycles. The molecule has 0 atom stereocenters. The molecule has 1 aliphatic heterocycles. The van der Waals surface area contributed by atoms with E-state index in [2.05, 4.69) is 41.5 Å². The van der Waals surface area contributed by atoms with Crippen molar-refractivity contribution >= 4 is 11.8 Å². The lowest BCUT2D eigenvalue weighted by molar-refractivity contribution is 0.217. The maximum atomic E-state index is 6.14. The van der Waals surface area contributed by atoms with Crippen molar-refractivity contribution in [3.05, 3.63) is 65.7 Å². The first-order chi connectivity index (χ1) is 15.7. The van der Waals surface area contributed by atoms with Gasteiger partial charge in [-0.3, -0.25) is 4.90 Å². The number of benzene rings is 3. The number of rotatable bonds is 7. The van der Waals surface area contributed by atoms with Crippen LogP contribution < -0.4 is 18.9 Å². The third-order valence-electron chi connectivity index (χ3n) is 5.68. The summed E-state index contributed by atoms with van der Waals surface area (Å²) < 4.78 is 23.0. The molecule has 0 N–H and O–H groups in total. The van der Waals surface area contributed by atoms with Crippen LogP contribution >= 0.6 is 11.8 Å². The zero-order chi connectivity index (χ0) is 22.5. The molecule has 0 fully saturated rings. The average molecular weight is 452 g/mol. The van der Waals surface area contributed by atoms with E-state index in [9.17, 15) is 0 Å². The van der Waals surface area contributed by atoms with Crippen molar-refractivity contribution in [3.63, 3.8) is 0 Å². The van der Waals surface area contributed by atoms with Crippen LogP contribution in [0.4, 0.5) is 0 Å². The van der Waals surface area contributed by atoms with E-state index in [-0.39, 0.29) is 0 Å². The van der Waals surface area contributed by atoms with Crippen LogP contribution in [0.15, 0.2) is 59.5 Å². The summed E-state index contributed by atoms with van der Waals surface area (Å²) in [6.07, 6.45) is 2.10. The van der Waals surface area contributed by atoms with Crippen molar-refractivity contribution < 1.29 is 18.9 Å². The van der Waals surface area contributed by atoms with Crippen molar-refractivity contribution in [3.8, 4) is 34.1 Å². The second-order valence-electron chi connectivity index (χ2n) is 7.62. The Balaban J connectivity index is 1.68.